The van der Waals surface area contributed by atoms with Crippen molar-refractivity contribution < 1.29 is 13.6 Å². The maximum atomic E-state index is 13.9. The predicted molar refractivity (Wildman–Crippen MR) is 107 cm³/mol. The quantitative estimate of drug-likeness (QED) is 0.583. The Bertz CT molecular complexity index is 957. The third kappa shape index (κ3) is 4.92. The van der Waals surface area contributed by atoms with Gasteiger partial charge in [0, 0.05) is 16.6 Å². The van der Waals surface area contributed by atoms with Crippen molar-refractivity contribution in [3.63, 3.8) is 0 Å². The number of aryl methyl sites for hydroxylation is 1. The number of anilines is 1. The maximum Gasteiger partial charge on any atom is 0.225 e. The third-order valence-electron chi connectivity index (χ3n) is 4.37. The highest BCUT2D eigenvalue weighted by Crippen LogP contribution is 2.24. The minimum Gasteiger partial charge on any atom is -0.399 e. The van der Waals surface area contributed by atoms with E-state index in [9.17, 15) is 13.6 Å². The second-order valence-electron chi connectivity index (χ2n) is 6.49. The largest absolute Gasteiger partial charge is 0.399 e. The van der Waals surface area contributed by atoms with Gasteiger partial charge in [-0.25, -0.2) is 13.8 Å². The molecule has 2 aromatic carbocycles. The number of nitrogen functional groups attached to an aromatic ring is 1. The molecule has 1 heterocycles. The molecule has 0 radical (unpaired) electrons. The summed E-state index contributed by atoms with van der Waals surface area (Å²) in [7, 11) is 0. The zero-order chi connectivity index (χ0) is 20.1. The van der Waals surface area contributed by atoms with Crippen LogP contribution in [0.3, 0.4) is 0 Å². The van der Waals surface area contributed by atoms with E-state index in [1.54, 1.807) is 12.1 Å². The first-order chi connectivity index (χ1) is 13.5. The number of nitrogens with zero attached hydrogens (tertiary/aromatic N) is 1. The number of benzene rings is 2. The van der Waals surface area contributed by atoms with Crippen molar-refractivity contribution in [2.75, 3.05) is 5.73 Å². The Kier molecular flexibility index (Phi) is 6.36. The summed E-state index contributed by atoms with van der Waals surface area (Å²) in [6.07, 6.45) is 1.08. The summed E-state index contributed by atoms with van der Waals surface area (Å²) in [5.41, 5.74) is 8.36. The molecule has 0 bridgehead atoms. The molecule has 0 unspecified atom stereocenters. The van der Waals surface area contributed by atoms with Gasteiger partial charge in [0.2, 0.25) is 5.91 Å². The lowest BCUT2D eigenvalue weighted by Gasteiger charge is -2.17. The molecule has 7 heteroatoms. The maximum absolute atomic E-state index is 13.9. The molecule has 0 aliphatic rings. The minimum absolute atomic E-state index is 0.0251. The topological polar surface area (TPSA) is 68.0 Å². The molecule has 146 valence electrons. The summed E-state index contributed by atoms with van der Waals surface area (Å²) in [6.45, 7) is 2.01. The molecule has 28 heavy (non-hydrogen) atoms. The molecule has 0 saturated heterocycles. The molecule has 3 rings (SSSR count). The summed E-state index contributed by atoms with van der Waals surface area (Å²) < 4.78 is 27.3. The molecule has 1 amide bonds. The van der Waals surface area contributed by atoms with Crippen LogP contribution >= 0.6 is 11.3 Å². The number of halogens is 2. The summed E-state index contributed by atoms with van der Waals surface area (Å²) >= 11 is 1.47. The van der Waals surface area contributed by atoms with Crippen LogP contribution in [0, 0.1) is 11.6 Å². The van der Waals surface area contributed by atoms with Crippen LogP contribution in [0.1, 0.15) is 34.8 Å². The van der Waals surface area contributed by atoms with Crippen LogP contribution in [0.25, 0.3) is 0 Å². The second-order valence-corrected chi connectivity index (χ2v) is 7.38. The Labute approximate surface area is 166 Å². The Morgan fingerprint density at radius 1 is 1.21 bits per heavy atom. The predicted octanol–water partition coefficient (Wildman–Crippen LogP) is 4.21. The van der Waals surface area contributed by atoms with Crippen LogP contribution < -0.4 is 11.1 Å². The second kappa shape index (κ2) is 8.93. The molecule has 3 N–H and O–H groups in total. The van der Waals surface area contributed by atoms with Crippen molar-refractivity contribution in [1.82, 2.24) is 10.3 Å². The zero-order valence-electron chi connectivity index (χ0n) is 15.4. The fourth-order valence-electron chi connectivity index (χ4n) is 2.84. The highest BCUT2D eigenvalue weighted by molar-refractivity contribution is 7.09. The van der Waals surface area contributed by atoms with Crippen molar-refractivity contribution in [3.05, 3.63) is 81.3 Å². The molecular weight excluding hydrogens is 380 g/mol. The molecule has 0 saturated carbocycles. The Hall–Kier alpha value is -2.80. The van der Waals surface area contributed by atoms with Crippen molar-refractivity contribution in [3.8, 4) is 0 Å². The monoisotopic (exact) mass is 401 g/mol. The number of amides is 1. The summed E-state index contributed by atoms with van der Waals surface area (Å²) in [5, 5.41) is 5.66. The standard InChI is InChI=1S/C21H21F2N3OS/c1-2-16-12-28-21(25-16)18(10-13-6-8-15(24)9-7-13)26-19(27)11-14-4-3-5-17(22)20(14)23/h3-9,12,18H,2,10-11,24H2,1H3,(H,26,27)/t18-/m0/s1. The van der Waals surface area contributed by atoms with Crippen molar-refractivity contribution >= 4 is 22.9 Å². The van der Waals surface area contributed by atoms with Crippen LogP contribution in [0.5, 0.6) is 0 Å². The van der Waals surface area contributed by atoms with E-state index in [2.05, 4.69) is 10.3 Å². The molecular formula is C21H21F2N3OS. The highest BCUT2D eigenvalue weighted by Gasteiger charge is 2.20. The first-order valence-electron chi connectivity index (χ1n) is 8.97. The Morgan fingerprint density at radius 3 is 2.64 bits per heavy atom. The number of aromatic nitrogens is 1. The minimum atomic E-state index is -0.991. The molecule has 0 aliphatic carbocycles. The van der Waals surface area contributed by atoms with Gasteiger partial charge in [0.15, 0.2) is 11.6 Å². The molecule has 0 spiro atoms. The number of nitrogens with two attached hydrogens (primary N) is 1. The molecule has 0 fully saturated rings. The fourth-order valence-corrected chi connectivity index (χ4v) is 3.79. The zero-order valence-corrected chi connectivity index (χ0v) is 16.2. The number of nitrogens with one attached hydrogen (secondary N) is 1. The van der Waals surface area contributed by atoms with Crippen LogP contribution in [0.2, 0.25) is 0 Å². The van der Waals surface area contributed by atoms with E-state index in [1.807, 2.05) is 24.4 Å². The number of carbonyl (C=O) groups is 1. The van der Waals surface area contributed by atoms with Gasteiger partial charge in [0.25, 0.3) is 0 Å². The number of thiazole rings is 1. The first-order valence-corrected chi connectivity index (χ1v) is 9.85. The van der Waals surface area contributed by atoms with E-state index < -0.39 is 17.5 Å². The number of hydrogen-bond acceptors (Lipinski definition) is 4. The van der Waals surface area contributed by atoms with Crippen LogP contribution in [0.4, 0.5) is 14.5 Å². The van der Waals surface area contributed by atoms with Gasteiger partial charge in [-0.2, -0.15) is 0 Å². The van der Waals surface area contributed by atoms with E-state index in [-0.39, 0.29) is 18.0 Å². The van der Waals surface area contributed by atoms with Crippen molar-refractivity contribution in [2.24, 2.45) is 0 Å². The van der Waals surface area contributed by atoms with Crippen molar-refractivity contribution in [1.29, 1.82) is 0 Å². The van der Waals surface area contributed by atoms with E-state index in [1.165, 1.54) is 23.5 Å². The normalized spacial score (nSPS) is 12.0. The fraction of sp³-hybridized carbons (Fsp3) is 0.238. The molecule has 1 atom stereocenters. The lowest BCUT2D eigenvalue weighted by atomic mass is 10.0. The van der Waals surface area contributed by atoms with Crippen LogP contribution in [0.15, 0.2) is 47.8 Å². The summed E-state index contributed by atoms with van der Waals surface area (Å²) in [4.78, 5) is 17.1. The van der Waals surface area contributed by atoms with E-state index in [0.717, 1.165) is 28.8 Å². The summed E-state index contributed by atoms with van der Waals surface area (Å²) in [5.74, 6) is -2.34. The van der Waals surface area contributed by atoms with Gasteiger partial charge in [-0.1, -0.05) is 31.2 Å². The van der Waals surface area contributed by atoms with Gasteiger partial charge in [-0.15, -0.1) is 11.3 Å². The molecule has 4 nitrogen and oxygen atoms in total. The van der Waals surface area contributed by atoms with Crippen molar-refractivity contribution in [2.45, 2.75) is 32.2 Å². The number of rotatable bonds is 7. The van der Waals surface area contributed by atoms with Gasteiger partial charge in [-0.05, 0) is 36.6 Å². The highest BCUT2D eigenvalue weighted by atomic mass is 32.1. The number of carbonyl (C=O) groups excluding carboxylic acids is 1. The average Bonchev–Trinajstić information content (AvgIpc) is 3.16. The smallest absolute Gasteiger partial charge is 0.225 e. The van der Waals surface area contributed by atoms with E-state index in [4.69, 9.17) is 5.73 Å². The van der Waals surface area contributed by atoms with Gasteiger partial charge < -0.3 is 11.1 Å². The molecule has 3 aromatic rings. The van der Waals surface area contributed by atoms with Crippen LogP contribution in [-0.2, 0) is 24.1 Å². The first kappa shape index (κ1) is 19.9. The van der Waals surface area contributed by atoms with Gasteiger partial charge in [-0.3, -0.25) is 4.79 Å². The van der Waals surface area contributed by atoms with Gasteiger partial charge in [0.05, 0.1) is 18.2 Å². The Morgan fingerprint density at radius 2 is 1.96 bits per heavy atom. The third-order valence-corrected chi connectivity index (χ3v) is 5.37. The summed E-state index contributed by atoms with van der Waals surface area (Å²) in [6, 6.07) is 10.9. The SMILES string of the molecule is CCc1csc([C@H](Cc2ccc(N)cc2)NC(=O)Cc2cccc(F)c2F)n1. The number of hydrogen-bond donors (Lipinski definition) is 2. The van der Waals surface area contributed by atoms with Gasteiger partial charge in [0.1, 0.15) is 5.01 Å². The molecule has 0 aliphatic heterocycles. The van der Waals surface area contributed by atoms with Gasteiger partial charge >= 0.3 is 0 Å². The molecule has 1 aromatic heterocycles. The average molecular weight is 401 g/mol. The van der Waals surface area contributed by atoms with Crippen LogP contribution in [-0.4, -0.2) is 10.9 Å². The van der Waals surface area contributed by atoms with E-state index in [0.29, 0.717) is 12.1 Å². The lowest BCUT2D eigenvalue weighted by molar-refractivity contribution is -0.121. The van der Waals surface area contributed by atoms with E-state index >= 15 is 0 Å². The Balaban J connectivity index is 1.78. The lowest BCUT2D eigenvalue weighted by Crippen LogP contribution is -2.31.